The Morgan fingerprint density at radius 3 is 0.613 bits per heavy atom. The second-order valence-corrected chi connectivity index (χ2v) is 52.5. The second kappa shape index (κ2) is 49.5. The maximum atomic E-state index is 3.82. The van der Waals surface area contributed by atoms with Crippen molar-refractivity contribution < 1.29 is 0 Å². The Kier molecular flexibility index (Phi) is 39.9. The first-order valence-corrected chi connectivity index (χ1v) is 59.4. The number of nitrogens with zero attached hydrogens (tertiary/aromatic N) is 4. The minimum Gasteiger partial charge on any atom is -0.294 e. The van der Waals surface area contributed by atoms with Crippen LogP contribution >= 0.6 is 0 Å². The smallest absolute Gasteiger partial charge is 0.0150 e. The summed E-state index contributed by atoms with van der Waals surface area (Å²) in [6.45, 7) is 36.7. The quantitative estimate of drug-likeness (QED) is 0.0565. The molecule has 0 aromatic rings. The summed E-state index contributed by atoms with van der Waals surface area (Å²) in [6.07, 6.45) is 109. The fourth-order valence-electron chi connectivity index (χ4n) is 35.0. The van der Waals surface area contributed by atoms with Gasteiger partial charge in [-0.1, -0.05) is 277 Å². The fourth-order valence-corrected chi connectivity index (χ4v) is 35.0. The molecule has 12 unspecified atom stereocenters. The predicted octanol–water partition coefficient (Wildman–Crippen LogP) is 35.5. The summed E-state index contributed by atoms with van der Waals surface area (Å²) in [7, 11) is 0. The van der Waals surface area contributed by atoms with Crippen molar-refractivity contribution in [2.24, 2.45) is 129 Å². The summed E-state index contributed by atoms with van der Waals surface area (Å²) in [5.41, 5.74) is 0.819. The Hall–Kier alpha value is -0.160. The van der Waals surface area contributed by atoms with Crippen molar-refractivity contribution in [2.75, 3.05) is 0 Å². The van der Waals surface area contributed by atoms with Gasteiger partial charge in [-0.25, -0.2) is 0 Å². The molecule has 14 rings (SSSR count). The molecule has 12 atom stereocenters. The molecule has 0 aromatic heterocycles. The number of hydrogen-bond acceptors (Lipinski definition) is 4. The van der Waals surface area contributed by atoms with Crippen molar-refractivity contribution >= 4 is 0 Å². The van der Waals surface area contributed by atoms with Gasteiger partial charge in [0.05, 0.1) is 0 Å². The Labute approximate surface area is 775 Å². The monoisotopic (exact) mass is 1720 g/mol. The van der Waals surface area contributed by atoms with Gasteiger partial charge < -0.3 is 0 Å². The third-order valence-corrected chi connectivity index (χ3v) is 42.4. The normalized spacial score (nSPS) is 41.1. The van der Waals surface area contributed by atoms with Crippen LogP contribution in [0.25, 0.3) is 0 Å². The maximum absolute atomic E-state index is 3.82. The highest BCUT2D eigenvalue weighted by Crippen LogP contribution is 2.70. The second-order valence-electron chi connectivity index (χ2n) is 52.5. The van der Waals surface area contributed by atoms with Gasteiger partial charge in [-0.3, -0.25) is 19.6 Å². The zero-order valence-corrected chi connectivity index (χ0v) is 86.2. The van der Waals surface area contributed by atoms with Crippen LogP contribution in [0, 0.1) is 129 Å². The lowest BCUT2D eigenvalue weighted by atomic mass is 9.38. The molecule has 0 aromatic carbocycles. The molecule has 14 aliphatic carbocycles. The van der Waals surface area contributed by atoms with E-state index in [1.807, 2.05) is 0 Å². The number of hydrogen-bond donors (Lipinski definition) is 0. The molecule has 0 bridgehead atoms. The van der Waals surface area contributed by atoms with Gasteiger partial charge >= 0.3 is 0 Å². The van der Waals surface area contributed by atoms with Crippen LogP contribution in [0.2, 0.25) is 0 Å². The molecule has 0 N–H and O–H groups in total. The summed E-state index contributed by atoms with van der Waals surface area (Å²) in [4.78, 5) is 15.2. The van der Waals surface area contributed by atoms with Crippen molar-refractivity contribution in [3.8, 4) is 0 Å². The number of unbranched alkanes of at least 4 members (excludes halogenated alkanes) is 20. The minimum absolute atomic E-state index is 0.410. The van der Waals surface area contributed by atoms with Crippen LogP contribution in [-0.4, -0.2) is 92.1 Å². The largest absolute Gasteiger partial charge is 0.294 e. The molecule has 4 nitrogen and oxygen atoms in total. The molecule has 0 heterocycles. The van der Waals surface area contributed by atoms with Crippen LogP contribution in [0.15, 0.2) is 0 Å². The molecular weight excluding hydrogens is 1500 g/mol. The van der Waals surface area contributed by atoms with Gasteiger partial charge in [0.15, 0.2) is 0 Å². The summed E-state index contributed by atoms with van der Waals surface area (Å²) in [5.74, 6) is 18.2. The van der Waals surface area contributed by atoms with Crippen molar-refractivity contribution in [3.63, 3.8) is 0 Å². The average molecular weight is 1720 g/mol. The van der Waals surface area contributed by atoms with Crippen molar-refractivity contribution in [1.82, 2.24) is 19.6 Å². The summed E-state index contributed by atoms with van der Waals surface area (Å²) < 4.78 is 0. The van der Waals surface area contributed by atoms with Crippen LogP contribution in [0.3, 0.4) is 0 Å². The van der Waals surface area contributed by atoms with Crippen LogP contribution in [0.1, 0.15) is 559 Å². The maximum Gasteiger partial charge on any atom is 0.0150 e. The third-order valence-electron chi connectivity index (χ3n) is 42.4. The first kappa shape index (κ1) is 99.8. The lowest BCUT2D eigenvalue weighted by molar-refractivity contribution is -0.235. The van der Waals surface area contributed by atoms with E-state index in [1.54, 1.807) is 103 Å². The average Bonchev–Trinajstić information content (AvgIpc) is 0.683. The van der Waals surface area contributed by atoms with E-state index in [4.69, 9.17) is 0 Å². The number of rotatable bonds is 42. The topological polar surface area (TPSA) is 13.0 Å². The van der Waals surface area contributed by atoms with Crippen molar-refractivity contribution in [2.45, 2.75) is 632 Å². The zero-order chi connectivity index (χ0) is 86.7. The van der Waals surface area contributed by atoms with E-state index in [1.165, 1.54) is 360 Å². The molecule has 14 aliphatic rings. The molecule has 0 radical (unpaired) electrons. The Balaban J connectivity index is 0.959. The lowest BCUT2D eigenvalue weighted by Gasteiger charge is -2.73. The van der Waals surface area contributed by atoms with Gasteiger partial charge in [0, 0.05) is 72.5 Å². The first-order chi connectivity index (χ1) is 60.3. The van der Waals surface area contributed by atoms with E-state index in [0.29, 0.717) is 10.8 Å². The van der Waals surface area contributed by atoms with Gasteiger partial charge in [0.2, 0.25) is 0 Å². The summed E-state index contributed by atoms with van der Waals surface area (Å²) in [5, 5.41) is 0. The lowest BCUT2D eigenvalue weighted by Crippen LogP contribution is -2.75. The van der Waals surface area contributed by atoms with Crippen molar-refractivity contribution in [1.29, 1.82) is 0 Å². The SMILES string of the molecule is CCCCCCCCC1CCC(N(C2CCC(C)CC2)C2CC(N(C3CCC(C)CC3)C3CCC(CCCCCCCC)CC3)C3C(C4CCC(C(C)(C)C)CC4)CC4C5C3C2CC(C2CCC(C(C)(C)C)CC2)C5C(N(C2CCC(C)CC2)C2CCC(CCCCCCCC)CC2)CC4N(C2CCC(C)CC2)C2CCC(CCCCCCCC)CC2)CC1. The van der Waals surface area contributed by atoms with E-state index in [0.717, 1.165) is 191 Å². The highest BCUT2D eigenvalue weighted by Gasteiger charge is 2.69. The Morgan fingerprint density at radius 1 is 0.194 bits per heavy atom. The molecule has 4 heteroatoms. The van der Waals surface area contributed by atoms with E-state index >= 15 is 0 Å². The molecule has 124 heavy (non-hydrogen) atoms. The predicted molar refractivity (Wildman–Crippen MR) is 539 cm³/mol. The van der Waals surface area contributed by atoms with Crippen LogP contribution in [-0.2, 0) is 0 Å². The van der Waals surface area contributed by atoms with E-state index in [-0.39, 0.29) is 0 Å². The molecular formula is C120H218N4. The molecule has 718 valence electrons. The van der Waals surface area contributed by atoms with Crippen LogP contribution in [0.5, 0.6) is 0 Å². The summed E-state index contributed by atoms with van der Waals surface area (Å²) >= 11 is 0. The van der Waals surface area contributed by atoms with Gasteiger partial charge in [0.1, 0.15) is 0 Å². The molecule has 14 saturated carbocycles. The van der Waals surface area contributed by atoms with Gasteiger partial charge in [-0.05, 0) is 412 Å². The molecule has 14 fully saturated rings. The molecule has 0 saturated heterocycles. The highest BCUT2D eigenvalue weighted by atomic mass is 15.3. The summed E-state index contributed by atoms with van der Waals surface area (Å²) in [6, 6.07) is 9.46. The Bertz CT molecular complexity index is 2650. The molecule has 0 spiro atoms. The van der Waals surface area contributed by atoms with Gasteiger partial charge in [-0.15, -0.1) is 0 Å². The Morgan fingerprint density at radius 2 is 0.395 bits per heavy atom. The zero-order valence-electron chi connectivity index (χ0n) is 86.2. The van der Waals surface area contributed by atoms with Gasteiger partial charge in [0.25, 0.3) is 0 Å². The molecule has 0 aliphatic heterocycles. The van der Waals surface area contributed by atoms with E-state index in [2.05, 4.69) is 117 Å². The third kappa shape index (κ3) is 26.4. The fraction of sp³-hybridized carbons (Fsp3) is 1.00. The minimum atomic E-state index is 0.410. The van der Waals surface area contributed by atoms with Gasteiger partial charge in [-0.2, -0.15) is 0 Å². The van der Waals surface area contributed by atoms with Crippen LogP contribution < -0.4 is 0 Å². The van der Waals surface area contributed by atoms with E-state index < -0.39 is 0 Å². The highest BCUT2D eigenvalue weighted by molar-refractivity contribution is 5.21. The van der Waals surface area contributed by atoms with E-state index in [9.17, 15) is 0 Å². The standard InChI is InChI=1S/C120H218N4/c1-15-19-23-27-31-35-39-91-51-75-103(76-52-91)121(99-67-43-87(5)44-68-99)111-85-113(123(101-71-47-89(7)48-72-101)105-79-55-93(56-80-105)41-37-33-29-25-21-17-3)115-108(96-61-65-98(66-62-96)120(12,13)14)84-110-112(122(100-69-45-88(6)46-70-100)104-77-53-92(54-78-104)40-36-32-28-24-20-16-2)86-114(116-107(83-109(111)117(115)118(110)116)95-59-63-97(64-60-95)119(9,10)11)124(102-73-49-90(8)50-74-102)106-81-57-94(58-82-106)42-38-34-30-26-22-18-4/h87-118H,15-86H2,1-14H3. The molecule has 0 amide bonds. The van der Waals surface area contributed by atoms with Crippen molar-refractivity contribution in [3.05, 3.63) is 0 Å². The van der Waals surface area contributed by atoms with Crippen LogP contribution in [0.4, 0.5) is 0 Å². The first-order valence-electron chi connectivity index (χ1n) is 59.4.